The lowest BCUT2D eigenvalue weighted by Gasteiger charge is -2.24. The minimum atomic E-state index is -2.97. The van der Waals surface area contributed by atoms with Gasteiger partial charge in [0.15, 0.2) is 0 Å². The fraction of sp³-hybridized carbons (Fsp3) is 0.280. The predicted molar refractivity (Wildman–Crippen MR) is 123 cm³/mol. The number of aliphatic carboxylic acids is 1. The number of alkyl halides is 2. The lowest BCUT2D eigenvalue weighted by atomic mass is 9.98. The molecule has 0 saturated heterocycles. The number of hydrogen-bond acceptors (Lipinski definition) is 4. The highest BCUT2D eigenvalue weighted by Gasteiger charge is 2.36. The molecule has 1 aromatic heterocycles. The third-order valence-electron chi connectivity index (χ3n) is 5.90. The van der Waals surface area contributed by atoms with Crippen molar-refractivity contribution in [2.75, 3.05) is 0 Å². The van der Waals surface area contributed by atoms with Crippen LogP contribution in [0.4, 0.5) is 8.78 Å². The number of halogens is 2. The largest absolute Gasteiger partial charge is 0.481 e. The molecule has 8 nitrogen and oxygen atoms in total. The first-order valence-electron chi connectivity index (χ1n) is 11.0. The Labute approximate surface area is 200 Å². The van der Waals surface area contributed by atoms with Gasteiger partial charge in [0.1, 0.15) is 12.6 Å². The number of benzene rings is 2. The maximum absolute atomic E-state index is 13.9. The van der Waals surface area contributed by atoms with Crippen LogP contribution in [-0.4, -0.2) is 49.5 Å². The highest BCUT2D eigenvalue weighted by Crippen LogP contribution is 2.36. The van der Waals surface area contributed by atoms with E-state index in [2.05, 4.69) is 5.10 Å². The lowest BCUT2D eigenvalue weighted by molar-refractivity contribution is -0.137. The number of amides is 2. The summed E-state index contributed by atoms with van der Waals surface area (Å²) in [7, 11) is 0. The van der Waals surface area contributed by atoms with E-state index in [1.165, 1.54) is 15.8 Å². The van der Waals surface area contributed by atoms with Gasteiger partial charge >= 0.3 is 5.97 Å². The molecule has 0 bridgehead atoms. The fourth-order valence-corrected chi connectivity index (χ4v) is 4.35. The van der Waals surface area contributed by atoms with Crippen LogP contribution in [-0.2, 0) is 22.7 Å². The second-order valence-electron chi connectivity index (χ2n) is 8.66. The van der Waals surface area contributed by atoms with Crippen molar-refractivity contribution in [2.45, 2.75) is 44.8 Å². The van der Waals surface area contributed by atoms with Crippen LogP contribution in [0.15, 0.2) is 54.7 Å². The topological polar surface area (TPSA) is 119 Å². The van der Waals surface area contributed by atoms with E-state index >= 15 is 0 Å². The summed E-state index contributed by atoms with van der Waals surface area (Å²) in [6.45, 7) is 0.313. The summed E-state index contributed by atoms with van der Waals surface area (Å²) in [4.78, 5) is 37.2. The van der Waals surface area contributed by atoms with E-state index in [0.717, 1.165) is 6.92 Å². The Balaban J connectivity index is 1.71. The van der Waals surface area contributed by atoms with Gasteiger partial charge in [0.05, 0.1) is 11.9 Å². The lowest BCUT2D eigenvalue weighted by Crippen LogP contribution is -2.45. The van der Waals surface area contributed by atoms with Crippen LogP contribution >= 0.6 is 0 Å². The Bertz CT molecular complexity index is 1280. The van der Waals surface area contributed by atoms with Crippen LogP contribution in [0.3, 0.4) is 0 Å². The number of carboxylic acid groups (broad SMARTS) is 1. The molecule has 182 valence electrons. The standard InChI is InChI=1S/C25H24F2N4O4/c1-25(26,27)14-31-22(15-5-3-2-4-6-15)19(12-29-31)16-7-8-18-17(11-16)13-30(24(18)35)20(23(28)34)9-10-21(32)33/h2-8,11-12,20H,9-10,13-14H2,1H3,(H2,28,34)(H,32,33). The molecule has 1 aliphatic rings. The van der Waals surface area contributed by atoms with Gasteiger partial charge in [-0.25, -0.2) is 8.78 Å². The summed E-state index contributed by atoms with van der Waals surface area (Å²) in [6, 6.07) is 13.1. The maximum atomic E-state index is 13.9. The number of primary amides is 1. The zero-order valence-electron chi connectivity index (χ0n) is 18.9. The van der Waals surface area contributed by atoms with E-state index < -0.39 is 36.3 Å². The SMILES string of the molecule is CC(F)(F)Cn1ncc(-c2ccc3c(c2)CN(C(CCC(=O)O)C(N)=O)C3=O)c1-c1ccccc1. The molecular weight excluding hydrogens is 458 g/mol. The van der Waals surface area contributed by atoms with Crippen LogP contribution in [0.5, 0.6) is 0 Å². The van der Waals surface area contributed by atoms with Crippen molar-refractivity contribution < 1.29 is 28.3 Å². The number of carbonyl (C=O) groups is 3. The number of fused-ring (bicyclic) bond motifs is 1. The van der Waals surface area contributed by atoms with Crippen molar-refractivity contribution in [2.24, 2.45) is 5.73 Å². The first kappa shape index (κ1) is 24.1. The molecule has 0 aliphatic carbocycles. The summed E-state index contributed by atoms with van der Waals surface area (Å²) in [5.74, 6) is -5.26. The number of hydrogen-bond donors (Lipinski definition) is 2. The second kappa shape index (κ2) is 9.28. The summed E-state index contributed by atoms with van der Waals surface area (Å²) in [5, 5.41) is 13.2. The molecule has 4 rings (SSSR count). The van der Waals surface area contributed by atoms with Crippen molar-refractivity contribution in [1.29, 1.82) is 0 Å². The van der Waals surface area contributed by atoms with E-state index in [9.17, 15) is 23.2 Å². The van der Waals surface area contributed by atoms with Gasteiger partial charge in [-0.1, -0.05) is 36.4 Å². The second-order valence-corrected chi connectivity index (χ2v) is 8.66. The zero-order valence-corrected chi connectivity index (χ0v) is 18.9. The Morgan fingerprint density at radius 1 is 1.14 bits per heavy atom. The number of rotatable bonds is 9. The Morgan fingerprint density at radius 2 is 1.86 bits per heavy atom. The third kappa shape index (κ3) is 5.06. The highest BCUT2D eigenvalue weighted by atomic mass is 19.3. The summed E-state index contributed by atoms with van der Waals surface area (Å²) in [6.07, 6.45) is 1.12. The van der Waals surface area contributed by atoms with Gasteiger partial charge in [0.25, 0.3) is 11.8 Å². The molecule has 1 atom stereocenters. The minimum absolute atomic E-state index is 0.0804. The minimum Gasteiger partial charge on any atom is -0.481 e. The first-order valence-corrected chi connectivity index (χ1v) is 11.0. The van der Waals surface area contributed by atoms with Crippen LogP contribution in [0.2, 0.25) is 0 Å². The molecule has 35 heavy (non-hydrogen) atoms. The van der Waals surface area contributed by atoms with E-state index in [1.54, 1.807) is 30.3 Å². The van der Waals surface area contributed by atoms with Gasteiger partial charge in [-0.2, -0.15) is 5.10 Å². The molecule has 0 saturated carbocycles. The van der Waals surface area contributed by atoms with Crippen molar-refractivity contribution >= 4 is 17.8 Å². The first-order chi connectivity index (χ1) is 16.5. The quantitative estimate of drug-likeness (QED) is 0.484. The van der Waals surface area contributed by atoms with E-state index in [-0.39, 0.29) is 19.4 Å². The van der Waals surface area contributed by atoms with Gasteiger partial charge in [-0.3, -0.25) is 19.1 Å². The van der Waals surface area contributed by atoms with E-state index in [4.69, 9.17) is 10.8 Å². The van der Waals surface area contributed by atoms with Crippen LogP contribution in [0, 0.1) is 0 Å². The Hall–Kier alpha value is -4.08. The highest BCUT2D eigenvalue weighted by molar-refractivity contribution is 6.01. The average molecular weight is 482 g/mol. The monoisotopic (exact) mass is 482 g/mol. The molecule has 0 radical (unpaired) electrons. The smallest absolute Gasteiger partial charge is 0.303 e. The molecular formula is C25H24F2N4O4. The third-order valence-corrected chi connectivity index (χ3v) is 5.90. The van der Waals surface area contributed by atoms with E-state index in [0.29, 0.717) is 33.5 Å². The van der Waals surface area contributed by atoms with Crippen LogP contribution in [0.1, 0.15) is 35.7 Å². The fourth-order valence-electron chi connectivity index (χ4n) is 4.35. The maximum Gasteiger partial charge on any atom is 0.303 e. The van der Waals surface area contributed by atoms with Crippen molar-refractivity contribution in [1.82, 2.24) is 14.7 Å². The van der Waals surface area contributed by atoms with Crippen LogP contribution < -0.4 is 5.73 Å². The summed E-state index contributed by atoms with van der Waals surface area (Å²) in [5.41, 5.74) is 8.98. The molecule has 0 fully saturated rings. The number of carboxylic acids is 1. The molecule has 0 spiro atoms. The molecule has 3 N–H and O–H groups in total. The van der Waals surface area contributed by atoms with Gasteiger partial charge in [0, 0.05) is 36.6 Å². The van der Waals surface area contributed by atoms with Crippen molar-refractivity contribution in [3.63, 3.8) is 0 Å². The normalized spacial score (nSPS) is 14.1. The number of carbonyl (C=O) groups excluding carboxylic acids is 2. The van der Waals surface area contributed by atoms with Gasteiger partial charge in [-0.15, -0.1) is 0 Å². The van der Waals surface area contributed by atoms with Gasteiger partial charge in [-0.05, 0) is 29.7 Å². The van der Waals surface area contributed by atoms with Crippen molar-refractivity contribution in [3.8, 4) is 22.4 Å². The molecule has 2 aromatic carbocycles. The number of aromatic nitrogens is 2. The summed E-state index contributed by atoms with van der Waals surface area (Å²) >= 11 is 0. The number of nitrogens with two attached hydrogens (primary N) is 1. The molecule has 3 aromatic rings. The Morgan fingerprint density at radius 3 is 2.49 bits per heavy atom. The molecule has 10 heteroatoms. The van der Waals surface area contributed by atoms with Crippen LogP contribution in [0.25, 0.3) is 22.4 Å². The van der Waals surface area contributed by atoms with Crippen molar-refractivity contribution in [3.05, 3.63) is 65.9 Å². The summed E-state index contributed by atoms with van der Waals surface area (Å²) < 4.78 is 29.0. The predicted octanol–water partition coefficient (Wildman–Crippen LogP) is 3.55. The molecule has 2 heterocycles. The number of nitrogens with zero attached hydrogens (tertiary/aromatic N) is 3. The van der Waals surface area contributed by atoms with Gasteiger partial charge in [0.2, 0.25) is 5.91 Å². The Kier molecular flexibility index (Phi) is 6.38. The molecule has 1 unspecified atom stereocenters. The van der Waals surface area contributed by atoms with E-state index in [1.807, 2.05) is 18.2 Å². The molecule has 2 amide bonds. The average Bonchev–Trinajstić information content (AvgIpc) is 3.33. The van der Waals surface area contributed by atoms with Gasteiger partial charge < -0.3 is 15.7 Å². The zero-order chi connectivity index (χ0) is 25.3. The molecule has 1 aliphatic heterocycles.